The molecule has 58 valence electrons. The van der Waals surface area contributed by atoms with Crippen molar-refractivity contribution in [1.29, 1.82) is 0 Å². The summed E-state index contributed by atoms with van der Waals surface area (Å²) < 4.78 is 0. The molecule has 0 fully saturated rings. The molecule has 0 unspecified atom stereocenters. The number of aromatic hydroxyl groups is 2. The van der Waals surface area contributed by atoms with Gasteiger partial charge in [0.25, 0.3) is 0 Å². The lowest BCUT2D eigenvalue weighted by atomic mass is 10.3. The number of rotatable bonds is 1. The summed E-state index contributed by atoms with van der Waals surface area (Å²) in [6, 6.07) is 4.21. The molecule has 0 radical (unpaired) electrons. The van der Waals surface area contributed by atoms with Crippen LogP contribution in [0.1, 0.15) is 6.92 Å². The first-order valence-corrected chi connectivity index (χ1v) is 3.24. The van der Waals surface area contributed by atoms with Crippen LogP contribution in [0.4, 0.5) is 5.69 Å². The van der Waals surface area contributed by atoms with Crippen LogP contribution >= 0.6 is 0 Å². The third-order valence-corrected chi connectivity index (χ3v) is 1.23. The molecule has 0 aromatic heterocycles. The number of aliphatic imine (C=N–C) groups is 1. The van der Waals surface area contributed by atoms with Gasteiger partial charge in [0.05, 0.1) is 0 Å². The first kappa shape index (κ1) is 7.60. The molecule has 2 N–H and O–H groups in total. The molecule has 1 aromatic rings. The number of hydrogen-bond donors (Lipinski definition) is 2. The van der Waals surface area contributed by atoms with Gasteiger partial charge in [-0.3, -0.25) is 4.99 Å². The minimum Gasteiger partial charge on any atom is -0.508 e. The standard InChI is InChI=1S/C8H9NO2/c1-2-9-7-5-6(10)3-4-8(7)11/h2-5,10-11H,1H3. The van der Waals surface area contributed by atoms with Crippen LogP contribution in [0.2, 0.25) is 0 Å². The molecule has 0 saturated heterocycles. The summed E-state index contributed by atoms with van der Waals surface area (Å²) in [4.78, 5) is 3.83. The molecule has 0 heterocycles. The Morgan fingerprint density at radius 1 is 1.36 bits per heavy atom. The van der Waals surface area contributed by atoms with E-state index in [9.17, 15) is 0 Å². The van der Waals surface area contributed by atoms with Crippen molar-refractivity contribution >= 4 is 11.9 Å². The van der Waals surface area contributed by atoms with Gasteiger partial charge < -0.3 is 10.2 Å². The SMILES string of the molecule is CC=Nc1cc(O)ccc1O. The molecule has 0 bridgehead atoms. The highest BCUT2D eigenvalue weighted by molar-refractivity contribution is 5.65. The Balaban J connectivity index is 3.12. The zero-order chi connectivity index (χ0) is 8.27. The lowest BCUT2D eigenvalue weighted by Crippen LogP contribution is -1.69. The molecule has 3 heteroatoms. The summed E-state index contributed by atoms with van der Waals surface area (Å²) in [5.74, 6) is 0.171. The van der Waals surface area contributed by atoms with Gasteiger partial charge in [-0.2, -0.15) is 0 Å². The zero-order valence-corrected chi connectivity index (χ0v) is 6.15. The summed E-state index contributed by atoms with van der Waals surface area (Å²) >= 11 is 0. The first-order chi connectivity index (χ1) is 5.24. The molecule has 0 saturated carbocycles. The number of benzene rings is 1. The van der Waals surface area contributed by atoms with Crippen molar-refractivity contribution in [2.75, 3.05) is 0 Å². The lowest BCUT2D eigenvalue weighted by molar-refractivity contribution is 0.461. The topological polar surface area (TPSA) is 52.8 Å². The molecule has 1 rings (SSSR count). The van der Waals surface area contributed by atoms with Crippen LogP contribution in [0.25, 0.3) is 0 Å². The highest BCUT2D eigenvalue weighted by Crippen LogP contribution is 2.29. The van der Waals surface area contributed by atoms with Gasteiger partial charge in [-0.25, -0.2) is 0 Å². The number of nitrogens with zero attached hydrogens (tertiary/aromatic N) is 1. The van der Waals surface area contributed by atoms with Gasteiger partial charge >= 0.3 is 0 Å². The monoisotopic (exact) mass is 151 g/mol. The fraction of sp³-hybridized carbons (Fsp3) is 0.125. The van der Waals surface area contributed by atoms with E-state index in [1.165, 1.54) is 18.2 Å². The average molecular weight is 151 g/mol. The molecule has 0 amide bonds. The maximum atomic E-state index is 9.14. The highest BCUT2D eigenvalue weighted by atomic mass is 16.3. The van der Waals surface area contributed by atoms with Crippen LogP contribution in [0.3, 0.4) is 0 Å². The lowest BCUT2D eigenvalue weighted by Gasteiger charge is -1.97. The second-order valence-corrected chi connectivity index (χ2v) is 2.06. The van der Waals surface area contributed by atoms with Crippen molar-refractivity contribution in [2.45, 2.75) is 6.92 Å². The third-order valence-electron chi connectivity index (χ3n) is 1.23. The first-order valence-electron chi connectivity index (χ1n) is 3.24. The van der Waals surface area contributed by atoms with Gasteiger partial charge in [-0.05, 0) is 19.1 Å². The van der Waals surface area contributed by atoms with E-state index in [-0.39, 0.29) is 11.5 Å². The van der Waals surface area contributed by atoms with Crippen LogP contribution in [0.5, 0.6) is 11.5 Å². The molecular weight excluding hydrogens is 142 g/mol. The van der Waals surface area contributed by atoms with Gasteiger partial charge in [-0.15, -0.1) is 0 Å². The Morgan fingerprint density at radius 2 is 2.09 bits per heavy atom. The van der Waals surface area contributed by atoms with Crippen molar-refractivity contribution in [1.82, 2.24) is 0 Å². The van der Waals surface area contributed by atoms with Gasteiger partial charge in [0.15, 0.2) is 0 Å². The number of hydrogen-bond acceptors (Lipinski definition) is 3. The van der Waals surface area contributed by atoms with E-state index in [0.717, 1.165) is 0 Å². The third kappa shape index (κ3) is 1.70. The van der Waals surface area contributed by atoms with Crippen LogP contribution < -0.4 is 0 Å². The molecule has 0 aliphatic carbocycles. The van der Waals surface area contributed by atoms with Crippen LogP contribution in [-0.4, -0.2) is 16.4 Å². The second kappa shape index (κ2) is 3.05. The molecule has 0 spiro atoms. The Hall–Kier alpha value is -1.51. The normalized spacial score (nSPS) is 10.6. The van der Waals surface area contributed by atoms with Crippen molar-refractivity contribution < 1.29 is 10.2 Å². The number of phenols is 2. The average Bonchev–Trinajstić information content (AvgIpc) is 1.98. The molecule has 0 aliphatic rings. The van der Waals surface area contributed by atoms with E-state index >= 15 is 0 Å². The smallest absolute Gasteiger partial charge is 0.141 e. The van der Waals surface area contributed by atoms with Crippen molar-refractivity contribution in [3.8, 4) is 11.5 Å². The summed E-state index contributed by atoms with van der Waals surface area (Å²) in [7, 11) is 0. The minimum absolute atomic E-state index is 0.0703. The van der Waals surface area contributed by atoms with E-state index in [1.807, 2.05) is 0 Å². The quantitative estimate of drug-likeness (QED) is 0.475. The van der Waals surface area contributed by atoms with E-state index < -0.39 is 0 Å². The zero-order valence-electron chi connectivity index (χ0n) is 6.15. The Kier molecular flexibility index (Phi) is 2.11. The predicted octanol–water partition coefficient (Wildman–Crippen LogP) is 1.82. The van der Waals surface area contributed by atoms with E-state index in [4.69, 9.17) is 10.2 Å². The van der Waals surface area contributed by atoms with Crippen LogP contribution in [0.15, 0.2) is 23.2 Å². The van der Waals surface area contributed by atoms with E-state index in [0.29, 0.717) is 5.69 Å². The van der Waals surface area contributed by atoms with Gasteiger partial charge in [-0.1, -0.05) is 0 Å². The Bertz CT molecular complexity index is 281. The van der Waals surface area contributed by atoms with Crippen molar-refractivity contribution in [3.05, 3.63) is 18.2 Å². The van der Waals surface area contributed by atoms with Crippen molar-refractivity contribution in [3.63, 3.8) is 0 Å². The minimum atomic E-state index is 0.0703. The fourth-order valence-corrected chi connectivity index (χ4v) is 0.754. The van der Waals surface area contributed by atoms with Gasteiger partial charge in [0.2, 0.25) is 0 Å². The summed E-state index contributed by atoms with van der Waals surface area (Å²) in [6.45, 7) is 1.74. The molecule has 1 aromatic carbocycles. The number of phenolic OH excluding ortho intramolecular Hbond substituents is 2. The Labute approximate surface area is 64.6 Å². The largest absolute Gasteiger partial charge is 0.508 e. The second-order valence-electron chi connectivity index (χ2n) is 2.06. The summed E-state index contributed by atoms with van der Waals surface area (Å²) in [5.41, 5.74) is 0.382. The molecule has 0 atom stereocenters. The van der Waals surface area contributed by atoms with Gasteiger partial charge in [0, 0.05) is 12.3 Å². The molecule has 0 aliphatic heterocycles. The van der Waals surface area contributed by atoms with Crippen LogP contribution in [0, 0.1) is 0 Å². The maximum Gasteiger partial charge on any atom is 0.141 e. The molecule has 11 heavy (non-hydrogen) atoms. The maximum absolute atomic E-state index is 9.14. The predicted molar refractivity (Wildman–Crippen MR) is 43.6 cm³/mol. The van der Waals surface area contributed by atoms with Crippen molar-refractivity contribution in [2.24, 2.45) is 4.99 Å². The molecule has 3 nitrogen and oxygen atoms in total. The Morgan fingerprint density at radius 3 is 2.73 bits per heavy atom. The van der Waals surface area contributed by atoms with E-state index in [1.54, 1.807) is 13.1 Å². The van der Waals surface area contributed by atoms with Crippen LogP contribution in [-0.2, 0) is 0 Å². The highest BCUT2D eigenvalue weighted by Gasteiger charge is 1.97. The molecular formula is C8H9NO2. The van der Waals surface area contributed by atoms with Gasteiger partial charge in [0.1, 0.15) is 17.2 Å². The summed E-state index contributed by atoms with van der Waals surface area (Å²) in [5, 5.41) is 18.1. The van der Waals surface area contributed by atoms with E-state index in [2.05, 4.69) is 4.99 Å². The summed E-state index contributed by atoms with van der Waals surface area (Å²) in [6.07, 6.45) is 1.55. The fourth-order valence-electron chi connectivity index (χ4n) is 0.754.